The average Bonchev–Trinajstić information content (AvgIpc) is 3.10. The van der Waals surface area contributed by atoms with Gasteiger partial charge in [0, 0.05) is 12.1 Å². The van der Waals surface area contributed by atoms with Crippen LogP contribution in [0.5, 0.6) is 0 Å². The van der Waals surface area contributed by atoms with Crippen LogP contribution in [-0.4, -0.2) is 24.5 Å². The highest BCUT2D eigenvalue weighted by Crippen LogP contribution is 2.29. The van der Waals surface area contributed by atoms with Gasteiger partial charge in [-0.05, 0) is 19.1 Å². The Labute approximate surface area is 175 Å². The molecule has 3 N–H and O–H groups in total. The standard InChI is InChI=1S/C21H16F2N8/c1-3-16(28-19-15(8-24)11(2)27-21(25)30-19)20-29-17-5-4-12(22)7-18(17)31(20)14-6-13(23)9-26-10-14/h3-7,9-10,16H,1H2,2H3,(H3,25,27,28,30). The minimum Gasteiger partial charge on any atom is -0.368 e. The number of nitriles is 1. The van der Waals surface area contributed by atoms with Crippen LogP contribution in [-0.2, 0) is 0 Å². The summed E-state index contributed by atoms with van der Waals surface area (Å²) >= 11 is 0. The fraction of sp³-hybridized carbons (Fsp3) is 0.0952. The van der Waals surface area contributed by atoms with Gasteiger partial charge in [-0.15, -0.1) is 6.58 Å². The predicted molar refractivity (Wildman–Crippen MR) is 111 cm³/mol. The summed E-state index contributed by atoms with van der Waals surface area (Å²) in [5, 5.41) is 12.6. The van der Waals surface area contributed by atoms with Crippen molar-refractivity contribution in [1.82, 2.24) is 24.5 Å². The minimum atomic E-state index is -0.695. The monoisotopic (exact) mass is 418 g/mol. The molecule has 1 aromatic carbocycles. The van der Waals surface area contributed by atoms with Gasteiger partial charge in [-0.2, -0.15) is 10.2 Å². The van der Waals surface area contributed by atoms with Crippen molar-refractivity contribution in [2.75, 3.05) is 11.1 Å². The van der Waals surface area contributed by atoms with Crippen LogP contribution in [0.15, 0.2) is 49.3 Å². The number of nitrogens with two attached hydrogens (primary N) is 1. The Kier molecular flexibility index (Phi) is 5.00. The number of hydrogen-bond acceptors (Lipinski definition) is 7. The Balaban J connectivity index is 1.92. The van der Waals surface area contributed by atoms with E-state index in [4.69, 9.17) is 5.73 Å². The molecule has 0 saturated heterocycles. The second-order valence-electron chi connectivity index (χ2n) is 6.66. The summed E-state index contributed by atoms with van der Waals surface area (Å²) in [4.78, 5) is 16.6. The molecule has 8 nitrogen and oxygen atoms in total. The lowest BCUT2D eigenvalue weighted by Crippen LogP contribution is -2.17. The number of nitrogens with one attached hydrogen (secondary N) is 1. The van der Waals surface area contributed by atoms with Gasteiger partial charge in [-0.25, -0.2) is 18.7 Å². The molecule has 0 radical (unpaired) electrons. The minimum absolute atomic E-state index is 0.00767. The third-order valence-electron chi connectivity index (χ3n) is 4.62. The SMILES string of the molecule is C=CC(Nc1nc(N)nc(C)c1C#N)c1nc2ccc(F)cc2n1-c1cncc(F)c1. The van der Waals surface area contributed by atoms with E-state index in [9.17, 15) is 14.0 Å². The summed E-state index contributed by atoms with van der Waals surface area (Å²) < 4.78 is 29.5. The first-order valence-electron chi connectivity index (χ1n) is 9.13. The number of benzene rings is 1. The number of halogens is 2. The van der Waals surface area contributed by atoms with E-state index in [0.717, 1.165) is 6.20 Å². The van der Waals surface area contributed by atoms with Crippen molar-refractivity contribution in [1.29, 1.82) is 5.26 Å². The zero-order chi connectivity index (χ0) is 22.1. The van der Waals surface area contributed by atoms with E-state index < -0.39 is 17.7 Å². The number of pyridine rings is 1. The molecule has 3 heterocycles. The van der Waals surface area contributed by atoms with E-state index in [1.54, 1.807) is 11.5 Å². The summed E-state index contributed by atoms with van der Waals surface area (Å²) in [6.07, 6.45) is 4.04. The molecule has 0 aliphatic heterocycles. The average molecular weight is 418 g/mol. The van der Waals surface area contributed by atoms with Crippen LogP contribution in [0, 0.1) is 29.9 Å². The Morgan fingerprint density at radius 3 is 2.71 bits per heavy atom. The fourth-order valence-electron chi connectivity index (χ4n) is 3.28. The lowest BCUT2D eigenvalue weighted by atomic mass is 10.2. The molecule has 0 aliphatic rings. The molecule has 0 spiro atoms. The predicted octanol–water partition coefficient (Wildman–Crippen LogP) is 3.59. The van der Waals surface area contributed by atoms with E-state index in [1.165, 1.54) is 36.5 Å². The van der Waals surface area contributed by atoms with E-state index in [0.29, 0.717) is 28.2 Å². The molecule has 0 aliphatic carbocycles. The number of aromatic nitrogens is 5. The van der Waals surface area contributed by atoms with Crippen molar-refractivity contribution >= 4 is 22.8 Å². The first kappa shape index (κ1) is 19.9. The van der Waals surface area contributed by atoms with Crippen LogP contribution in [0.25, 0.3) is 16.7 Å². The molecule has 4 rings (SSSR count). The second kappa shape index (κ2) is 7.79. The molecule has 1 atom stereocenters. The van der Waals surface area contributed by atoms with E-state index in [-0.39, 0.29) is 17.3 Å². The van der Waals surface area contributed by atoms with Gasteiger partial charge in [0.25, 0.3) is 0 Å². The Hall–Kier alpha value is -4.39. The quantitative estimate of drug-likeness (QED) is 0.476. The number of nitrogen functional groups attached to an aromatic ring is 1. The highest BCUT2D eigenvalue weighted by molar-refractivity contribution is 5.78. The van der Waals surface area contributed by atoms with E-state index >= 15 is 0 Å². The number of fused-ring (bicyclic) bond motifs is 1. The summed E-state index contributed by atoms with van der Waals surface area (Å²) in [6, 6.07) is 6.71. The summed E-state index contributed by atoms with van der Waals surface area (Å²) in [6.45, 7) is 5.48. The number of rotatable bonds is 5. The zero-order valence-corrected chi connectivity index (χ0v) is 16.3. The van der Waals surface area contributed by atoms with Gasteiger partial charge in [0.05, 0.1) is 34.8 Å². The molecule has 4 aromatic rings. The zero-order valence-electron chi connectivity index (χ0n) is 16.3. The highest BCUT2D eigenvalue weighted by Gasteiger charge is 2.22. The van der Waals surface area contributed by atoms with Gasteiger partial charge >= 0.3 is 0 Å². The first-order chi connectivity index (χ1) is 14.9. The topological polar surface area (TPSA) is 118 Å². The second-order valence-corrected chi connectivity index (χ2v) is 6.66. The lowest BCUT2D eigenvalue weighted by Gasteiger charge is -2.18. The summed E-state index contributed by atoms with van der Waals surface area (Å²) in [5.74, 6) is -0.484. The molecule has 1 unspecified atom stereocenters. The molecule has 3 aromatic heterocycles. The maximum atomic E-state index is 14.0. The number of hydrogen-bond donors (Lipinski definition) is 2. The van der Waals surface area contributed by atoms with Gasteiger partial charge in [0.2, 0.25) is 5.95 Å². The molecule has 0 bridgehead atoms. The van der Waals surface area contributed by atoms with Gasteiger partial charge in [-0.3, -0.25) is 9.55 Å². The number of imidazole rings is 1. The molecular formula is C21H16F2N8. The maximum absolute atomic E-state index is 14.0. The lowest BCUT2D eigenvalue weighted by molar-refractivity contribution is 0.619. The third kappa shape index (κ3) is 3.64. The normalized spacial score (nSPS) is 11.8. The molecular weight excluding hydrogens is 402 g/mol. The van der Waals surface area contributed by atoms with Crippen LogP contribution in [0.3, 0.4) is 0 Å². The van der Waals surface area contributed by atoms with Crippen LogP contribution in [0.4, 0.5) is 20.5 Å². The highest BCUT2D eigenvalue weighted by atomic mass is 19.1. The first-order valence-corrected chi connectivity index (χ1v) is 9.13. The van der Waals surface area contributed by atoms with Gasteiger partial charge in [-0.1, -0.05) is 6.08 Å². The molecule has 0 amide bonds. The van der Waals surface area contributed by atoms with E-state index in [1.807, 2.05) is 6.07 Å². The van der Waals surface area contributed by atoms with Crippen LogP contribution in [0.2, 0.25) is 0 Å². The van der Waals surface area contributed by atoms with Gasteiger partial charge in [0.15, 0.2) is 5.82 Å². The third-order valence-corrected chi connectivity index (χ3v) is 4.62. The molecule has 0 fully saturated rings. The maximum Gasteiger partial charge on any atom is 0.222 e. The van der Waals surface area contributed by atoms with Crippen molar-refractivity contribution < 1.29 is 8.78 Å². The number of anilines is 2. The van der Waals surface area contributed by atoms with Crippen molar-refractivity contribution in [3.05, 3.63) is 78.0 Å². The number of aryl methyl sites for hydroxylation is 1. The Morgan fingerprint density at radius 1 is 1.19 bits per heavy atom. The van der Waals surface area contributed by atoms with Crippen LogP contribution < -0.4 is 11.1 Å². The molecule has 0 saturated carbocycles. The van der Waals surface area contributed by atoms with E-state index in [2.05, 4.69) is 31.8 Å². The van der Waals surface area contributed by atoms with Crippen LogP contribution in [0.1, 0.15) is 23.1 Å². The summed E-state index contributed by atoms with van der Waals surface area (Å²) in [7, 11) is 0. The van der Waals surface area contributed by atoms with Crippen LogP contribution >= 0.6 is 0 Å². The molecule has 31 heavy (non-hydrogen) atoms. The van der Waals surface area contributed by atoms with Crippen molar-refractivity contribution in [2.45, 2.75) is 13.0 Å². The van der Waals surface area contributed by atoms with Crippen molar-refractivity contribution in [3.63, 3.8) is 0 Å². The Bertz CT molecular complexity index is 1360. The van der Waals surface area contributed by atoms with Gasteiger partial charge < -0.3 is 11.1 Å². The van der Waals surface area contributed by atoms with Crippen molar-refractivity contribution in [2.24, 2.45) is 0 Å². The molecule has 154 valence electrons. The Morgan fingerprint density at radius 2 is 2.00 bits per heavy atom. The van der Waals surface area contributed by atoms with Crippen molar-refractivity contribution in [3.8, 4) is 11.8 Å². The molecule has 10 heteroatoms. The smallest absolute Gasteiger partial charge is 0.222 e. The van der Waals surface area contributed by atoms with Gasteiger partial charge in [0.1, 0.15) is 35.1 Å². The fourth-order valence-corrected chi connectivity index (χ4v) is 3.28. The largest absolute Gasteiger partial charge is 0.368 e. The number of nitrogens with zero attached hydrogens (tertiary/aromatic N) is 6. The summed E-state index contributed by atoms with van der Waals surface area (Å²) in [5.41, 5.74) is 7.60.